The summed E-state index contributed by atoms with van der Waals surface area (Å²) in [6.07, 6.45) is -0.338. The minimum atomic E-state index is -0.338. The van der Waals surface area contributed by atoms with E-state index < -0.39 is 0 Å². The van der Waals surface area contributed by atoms with Crippen molar-refractivity contribution in [1.29, 1.82) is 0 Å². The maximum absolute atomic E-state index is 9.61. The second-order valence-corrected chi connectivity index (χ2v) is 4.23. The number of nitrogens with two attached hydrogens (primary N) is 1. The highest BCUT2D eigenvalue weighted by Gasteiger charge is 2.17. The molecule has 0 aromatic heterocycles. The van der Waals surface area contributed by atoms with Gasteiger partial charge in [0, 0.05) is 25.7 Å². The molecule has 16 heavy (non-hydrogen) atoms. The van der Waals surface area contributed by atoms with E-state index in [4.69, 9.17) is 5.73 Å². The quantitative estimate of drug-likeness (QED) is 0.761. The Morgan fingerprint density at radius 3 is 2.38 bits per heavy atom. The summed E-state index contributed by atoms with van der Waals surface area (Å²) in [6.45, 7) is 6.11. The van der Waals surface area contributed by atoms with E-state index in [1.54, 1.807) is 0 Å². The van der Waals surface area contributed by atoms with Crippen LogP contribution < -0.4 is 5.73 Å². The van der Waals surface area contributed by atoms with Crippen molar-refractivity contribution in [3.63, 3.8) is 0 Å². The third kappa shape index (κ3) is 3.93. The van der Waals surface area contributed by atoms with Crippen LogP contribution in [0.2, 0.25) is 0 Å². The van der Waals surface area contributed by atoms with E-state index >= 15 is 0 Å². The molecular formula is C13H22N2O. The first-order chi connectivity index (χ1) is 7.65. The minimum absolute atomic E-state index is 0.128. The maximum atomic E-state index is 9.61. The van der Waals surface area contributed by atoms with E-state index in [0.717, 1.165) is 13.1 Å². The zero-order valence-electron chi connectivity index (χ0n) is 10.1. The molecule has 2 unspecified atom stereocenters. The van der Waals surface area contributed by atoms with Crippen LogP contribution in [0.3, 0.4) is 0 Å². The summed E-state index contributed by atoms with van der Waals surface area (Å²) >= 11 is 0. The molecule has 0 heterocycles. The van der Waals surface area contributed by atoms with Crippen molar-refractivity contribution in [1.82, 2.24) is 4.90 Å². The normalized spacial score (nSPS) is 15.1. The summed E-state index contributed by atoms with van der Waals surface area (Å²) in [5.74, 6) is 0. The van der Waals surface area contributed by atoms with E-state index in [9.17, 15) is 5.11 Å². The molecule has 0 radical (unpaired) electrons. The van der Waals surface area contributed by atoms with Crippen molar-refractivity contribution in [3.05, 3.63) is 35.9 Å². The van der Waals surface area contributed by atoms with Crippen LogP contribution in [0.15, 0.2) is 30.3 Å². The summed E-state index contributed by atoms with van der Waals surface area (Å²) < 4.78 is 0. The monoisotopic (exact) mass is 222 g/mol. The Hall–Kier alpha value is -0.900. The molecular weight excluding hydrogens is 200 g/mol. The Kier molecular flexibility index (Phi) is 5.46. The van der Waals surface area contributed by atoms with Crippen LogP contribution in [-0.4, -0.2) is 35.2 Å². The second-order valence-electron chi connectivity index (χ2n) is 4.23. The zero-order chi connectivity index (χ0) is 12.0. The molecule has 0 spiro atoms. The van der Waals surface area contributed by atoms with Gasteiger partial charge in [-0.2, -0.15) is 0 Å². The molecule has 0 saturated heterocycles. The zero-order valence-corrected chi connectivity index (χ0v) is 10.1. The topological polar surface area (TPSA) is 49.5 Å². The summed E-state index contributed by atoms with van der Waals surface area (Å²) in [5.41, 5.74) is 6.85. The Bertz CT molecular complexity index is 287. The Morgan fingerprint density at radius 2 is 1.88 bits per heavy atom. The molecule has 0 amide bonds. The Labute approximate surface area is 97.9 Å². The van der Waals surface area contributed by atoms with Gasteiger partial charge in [-0.3, -0.25) is 4.90 Å². The summed E-state index contributed by atoms with van der Waals surface area (Å²) in [4.78, 5) is 2.21. The lowest BCUT2D eigenvalue weighted by molar-refractivity contribution is 0.0679. The van der Waals surface area contributed by atoms with Crippen molar-refractivity contribution in [2.24, 2.45) is 5.73 Å². The molecule has 0 aliphatic carbocycles. The molecule has 0 aliphatic heterocycles. The van der Waals surface area contributed by atoms with Gasteiger partial charge < -0.3 is 10.8 Å². The highest BCUT2D eigenvalue weighted by atomic mass is 16.3. The number of hydrogen-bond donors (Lipinski definition) is 2. The predicted octanol–water partition coefficient (Wildman–Crippen LogP) is 1.22. The summed E-state index contributed by atoms with van der Waals surface area (Å²) in [5, 5.41) is 9.61. The summed E-state index contributed by atoms with van der Waals surface area (Å²) in [6, 6.07) is 10.4. The van der Waals surface area contributed by atoms with Gasteiger partial charge in [0.15, 0.2) is 0 Å². The molecule has 3 heteroatoms. The van der Waals surface area contributed by atoms with Gasteiger partial charge in [-0.1, -0.05) is 30.3 Å². The largest absolute Gasteiger partial charge is 0.392 e. The molecule has 0 aliphatic rings. The van der Waals surface area contributed by atoms with Crippen molar-refractivity contribution < 1.29 is 5.11 Å². The molecule has 1 aromatic carbocycles. The van der Waals surface area contributed by atoms with Gasteiger partial charge in [0.05, 0.1) is 6.10 Å². The first-order valence-electron chi connectivity index (χ1n) is 5.81. The van der Waals surface area contributed by atoms with E-state index in [-0.39, 0.29) is 12.1 Å². The van der Waals surface area contributed by atoms with Crippen LogP contribution in [0.4, 0.5) is 0 Å². The number of nitrogens with zero attached hydrogens (tertiary/aromatic N) is 1. The van der Waals surface area contributed by atoms with Gasteiger partial charge in [0.2, 0.25) is 0 Å². The fourth-order valence-corrected chi connectivity index (χ4v) is 1.72. The van der Waals surface area contributed by atoms with Crippen LogP contribution in [0.1, 0.15) is 19.4 Å². The highest BCUT2D eigenvalue weighted by Crippen LogP contribution is 2.10. The van der Waals surface area contributed by atoms with Crippen molar-refractivity contribution >= 4 is 0 Å². The SMILES string of the molecule is CC(O)C(C)N(CCN)Cc1ccccc1. The molecule has 3 nitrogen and oxygen atoms in total. The summed E-state index contributed by atoms with van der Waals surface area (Å²) in [7, 11) is 0. The molecule has 1 rings (SSSR count). The molecule has 1 aromatic rings. The van der Waals surface area contributed by atoms with Crippen LogP contribution in [0.5, 0.6) is 0 Å². The lowest BCUT2D eigenvalue weighted by Gasteiger charge is -2.30. The molecule has 3 N–H and O–H groups in total. The van der Waals surface area contributed by atoms with Crippen LogP contribution in [0, 0.1) is 0 Å². The van der Waals surface area contributed by atoms with Crippen LogP contribution in [-0.2, 0) is 6.54 Å². The average molecular weight is 222 g/mol. The Morgan fingerprint density at radius 1 is 1.25 bits per heavy atom. The van der Waals surface area contributed by atoms with E-state index in [1.807, 2.05) is 32.0 Å². The smallest absolute Gasteiger partial charge is 0.0664 e. The third-order valence-electron chi connectivity index (χ3n) is 2.92. The lowest BCUT2D eigenvalue weighted by atomic mass is 10.1. The number of aliphatic hydroxyl groups excluding tert-OH is 1. The minimum Gasteiger partial charge on any atom is -0.392 e. The van der Waals surface area contributed by atoms with Crippen LogP contribution >= 0.6 is 0 Å². The third-order valence-corrected chi connectivity index (χ3v) is 2.92. The van der Waals surface area contributed by atoms with E-state index in [1.165, 1.54) is 5.56 Å². The van der Waals surface area contributed by atoms with E-state index in [0.29, 0.717) is 6.54 Å². The number of hydrogen-bond acceptors (Lipinski definition) is 3. The van der Waals surface area contributed by atoms with Crippen molar-refractivity contribution in [3.8, 4) is 0 Å². The second kappa shape index (κ2) is 6.63. The number of aliphatic hydroxyl groups is 1. The van der Waals surface area contributed by atoms with Crippen LogP contribution in [0.25, 0.3) is 0 Å². The van der Waals surface area contributed by atoms with Gasteiger partial charge in [-0.15, -0.1) is 0 Å². The molecule has 0 saturated carbocycles. The van der Waals surface area contributed by atoms with Gasteiger partial charge in [-0.25, -0.2) is 0 Å². The molecule has 90 valence electrons. The van der Waals surface area contributed by atoms with Gasteiger partial charge in [0.25, 0.3) is 0 Å². The number of rotatable bonds is 6. The lowest BCUT2D eigenvalue weighted by Crippen LogP contribution is -2.42. The van der Waals surface area contributed by atoms with Crippen molar-refractivity contribution in [2.75, 3.05) is 13.1 Å². The number of benzene rings is 1. The Balaban J connectivity index is 2.64. The molecule has 2 atom stereocenters. The molecule has 0 fully saturated rings. The van der Waals surface area contributed by atoms with Gasteiger partial charge in [0.1, 0.15) is 0 Å². The average Bonchev–Trinajstić information content (AvgIpc) is 2.29. The predicted molar refractivity (Wildman–Crippen MR) is 67.0 cm³/mol. The van der Waals surface area contributed by atoms with E-state index in [2.05, 4.69) is 17.0 Å². The first-order valence-corrected chi connectivity index (χ1v) is 5.81. The highest BCUT2D eigenvalue weighted by molar-refractivity contribution is 5.14. The first kappa shape index (κ1) is 13.2. The standard InChI is InChI=1S/C13H22N2O/c1-11(12(2)16)15(9-8-14)10-13-6-4-3-5-7-13/h3-7,11-12,16H,8-10,14H2,1-2H3. The van der Waals surface area contributed by atoms with Gasteiger partial charge >= 0.3 is 0 Å². The van der Waals surface area contributed by atoms with Gasteiger partial charge in [-0.05, 0) is 19.4 Å². The fourth-order valence-electron chi connectivity index (χ4n) is 1.72. The fraction of sp³-hybridized carbons (Fsp3) is 0.538. The molecule has 0 bridgehead atoms. The van der Waals surface area contributed by atoms with Crippen molar-refractivity contribution in [2.45, 2.75) is 32.5 Å². The maximum Gasteiger partial charge on any atom is 0.0664 e.